The molecule has 1 atom stereocenters. The molecule has 0 fully saturated rings. The molecule has 21 heavy (non-hydrogen) atoms. The molecule has 0 heterocycles. The van der Waals surface area contributed by atoms with E-state index < -0.39 is 12.1 Å². The fourth-order valence-electron chi connectivity index (χ4n) is 2.09. The summed E-state index contributed by atoms with van der Waals surface area (Å²) in [5.74, 6) is -1.11. The number of carbonyl (C=O) groups is 2. The van der Waals surface area contributed by atoms with Gasteiger partial charge in [0.15, 0.2) is 6.10 Å². The Bertz CT molecular complexity index is 694. The number of carboxylic acid groups (broad SMARTS) is 1. The minimum atomic E-state index is -1.08. The van der Waals surface area contributed by atoms with Crippen LogP contribution in [0.3, 0.4) is 0 Å². The number of aromatic carboxylic acids is 1. The average molecular weight is 287 g/mol. The predicted molar refractivity (Wildman–Crippen MR) is 79.7 cm³/mol. The zero-order chi connectivity index (χ0) is 15.6. The number of carboxylic acids is 1. The molecule has 0 aromatic heterocycles. The minimum absolute atomic E-state index is 0.0482. The van der Waals surface area contributed by atoms with Gasteiger partial charge in [-0.25, -0.2) is 4.79 Å². The van der Waals surface area contributed by atoms with Gasteiger partial charge in [0, 0.05) is 14.1 Å². The number of benzene rings is 2. The predicted octanol–water partition coefficient (Wildman–Crippen LogP) is 2.39. The van der Waals surface area contributed by atoms with Crippen LogP contribution in [0.25, 0.3) is 10.8 Å². The maximum atomic E-state index is 11.8. The molecular formula is C16H17NO4. The van der Waals surface area contributed by atoms with Gasteiger partial charge < -0.3 is 14.7 Å². The third kappa shape index (κ3) is 3.13. The summed E-state index contributed by atoms with van der Waals surface area (Å²) in [4.78, 5) is 24.6. The molecule has 2 aromatic carbocycles. The highest BCUT2D eigenvalue weighted by molar-refractivity contribution is 5.98. The average Bonchev–Trinajstić information content (AvgIpc) is 2.45. The molecule has 0 aliphatic carbocycles. The second-order valence-electron chi connectivity index (χ2n) is 4.99. The molecule has 0 saturated heterocycles. The summed E-state index contributed by atoms with van der Waals surface area (Å²) in [7, 11) is 3.25. The SMILES string of the molecule is CC(Oc1cc2ccccc2cc1C(=O)O)C(=O)N(C)C. The highest BCUT2D eigenvalue weighted by atomic mass is 16.5. The van der Waals surface area contributed by atoms with E-state index in [9.17, 15) is 14.7 Å². The number of carbonyl (C=O) groups excluding carboxylic acids is 1. The molecule has 0 aliphatic rings. The van der Waals surface area contributed by atoms with Crippen molar-refractivity contribution in [3.05, 3.63) is 42.0 Å². The number of likely N-dealkylation sites (N-methyl/N-ethyl adjacent to an activating group) is 1. The maximum absolute atomic E-state index is 11.8. The van der Waals surface area contributed by atoms with Crippen LogP contribution < -0.4 is 4.74 Å². The highest BCUT2D eigenvalue weighted by Gasteiger charge is 2.20. The Balaban J connectivity index is 2.44. The monoisotopic (exact) mass is 287 g/mol. The summed E-state index contributed by atoms with van der Waals surface area (Å²) in [6, 6.07) is 10.6. The Morgan fingerprint density at radius 3 is 2.24 bits per heavy atom. The highest BCUT2D eigenvalue weighted by Crippen LogP contribution is 2.27. The lowest BCUT2D eigenvalue weighted by atomic mass is 10.1. The Morgan fingerprint density at radius 1 is 1.14 bits per heavy atom. The fraction of sp³-hybridized carbons (Fsp3) is 0.250. The number of amides is 1. The topological polar surface area (TPSA) is 66.8 Å². The summed E-state index contributed by atoms with van der Waals surface area (Å²) in [6.45, 7) is 1.60. The molecule has 0 saturated carbocycles. The van der Waals surface area contributed by atoms with Crippen LogP contribution in [0.2, 0.25) is 0 Å². The standard InChI is InChI=1S/C16H17NO4/c1-10(15(18)17(2)3)21-14-9-12-7-5-4-6-11(12)8-13(14)16(19)20/h4-10H,1-3H3,(H,19,20). The van der Waals surface area contributed by atoms with Crippen molar-refractivity contribution in [1.82, 2.24) is 4.90 Å². The normalized spacial score (nSPS) is 12.0. The third-order valence-corrected chi connectivity index (χ3v) is 3.17. The summed E-state index contributed by atoms with van der Waals surface area (Å²) in [5.41, 5.74) is 0.0482. The molecule has 110 valence electrons. The van der Waals surface area contributed by atoms with E-state index in [0.717, 1.165) is 10.8 Å². The van der Waals surface area contributed by atoms with E-state index in [1.165, 1.54) is 4.90 Å². The quantitative estimate of drug-likeness (QED) is 0.937. The molecule has 1 amide bonds. The molecule has 1 unspecified atom stereocenters. The van der Waals surface area contributed by atoms with Gasteiger partial charge >= 0.3 is 5.97 Å². The molecule has 0 aliphatic heterocycles. The molecule has 0 radical (unpaired) electrons. The van der Waals surface area contributed by atoms with Crippen molar-refractivity contribution in [3.8, 4) is 5.75 Å². The number of hydrogen-bond acceptors (Lipinski definition) is 3. The van der Waals surface area contributed by atoms with E-state index in [2.05, 4.69) is 0 Å². The summed E-state index contributed by atoms with van der Waals surface area (Å²) in [5, 5.41) is 11.0. The van der Waals surface area contributed by atoms with Gasteiger partial charge in [-0.2, -0.15) is 0 Å². The van der Waals surface area contributed by atoms with Gasteiger partial charge in [-0.05, 0) is 29.8 Å². The van der Waals surface area contributed by atoms with E-state index in [-0.39, 0.29) is 17.2 Å². The van der Waals surface area contributed by atoms with Crippen LogP contribution >= 0.6 is 0 Å². The second kappa shape index (κ2) is 5.83. The van der Waals surface area contributed by atoms with Gasteiger partial charge in [-0.1, -0.05) is 24.3 Å². The smallest absolute Gasteiger partial charge is 0.339 e. The van der Waals surface area contributed by atoms with Crippen LogP contribution in [0, 0.1) is 0 Å². The van der Waals surface area contributed by atoms with Gasteiger partial charge in [0.05, 0.1) is 0 Å². The van der Waals surface area contributed by atoms with Crippen LogP contribution in [0.4, 0.5) is 0 Å². The molecule has 2 rings (SSSR count). The Labute approximate surface area is 122 Å². The number of fused-ring (bicyclic) bond motifs is 1. The van der Waals surface area contributed by atoms with Crippen molar-refractivity contribution in [2.45, 2.75) is 13.0 Å². The zero-order valence-electron chi connectivity index (χ0n) is 12.2. The van der Waals surface area contributed by atoms with Gasteiger partial charge in [0.2, 0.25) is 0 Å². The lowest BCUT2D eigenvalue weighted by Gasteiger charge is -2.19. The van der Waals surface area contributed by atoms with Crippen molar-refractivity contribution in [2.75, 3.05) is 14.1 Å². The first-order chi connectivity index (χ1) is 9.90. The van der Waals surface area contributed by atoms with E-state index in [1.54, 1.807) is 33.2 Å². The fourth-order valence-corrected chi connectivity index (χ4v) is 2.09. The van der Waals surface area contributed by atoms with E-state index in [0.29, 0.717) is 0 Å². The summed E-state index contributed by atoms with van der Waals surface area (Å²) < 4.78 is 5.57. The molecule has 0 spiro atoms. The molecule has 2 aromatic rings. The first-order valence-corrected chi connectivity index (χ1v) is 6.54. The van der Waals surface area contributed by atoms with Gasteiger partial charge in [-0.15, -0.1) is 0 Å². The number of ether oxygens (including phenoxy) is 1. The van der Waals surface area contributed by atoms with Crippen molar-refractivity contribution in [1.29, 1.82) is 0 Å². The lowest BCUT2D eigenvalue weighted by Crippen LogP contribution is -2.35. The molecule has 0 bridgehead atoms. The first kappa shape index (κ1) is 14.8. The molecular weight excluding hydrogens is 270 g/mol. The van der Waals surface area contributed by atoms with Gasteiger partial charge in [0.1, 0.15) is 11.3 Å². The van der Waals surface area contributed by atoms with Crippen LogP contribution in [-0.4, -0.2) is 42.1 Å². The van der Waals surface area contributed by atoms with Crippen molar-refractivity contribution in [2.24, 2.45) is 0 Å². The summed E-state index contributed by atoms with van der Waals surface area (Å²) in [6.07, 6.45) is -0.751. The van der Waals surface area contributed by atoms with Crippen LogP contribution in [0.15, 0.2) is 36.4 Å². The van der Waals surface area contributed by atoms with Crippen LogP contribution in [-0.2, 0) is 4.79 Å². The van der Waals surface area contributed by atoms with Gasteiger partial charge in [-0.3, -0.25) is 4.79 Å². The Kier molecular flexibility index (Phi) is 4.12. The van der Waals surface area contributed by atoms with Crippen molar-refractivity contribution < 1.29 is 19.4 Å². The van der Waals surface area contributed by atoms with E-state index in [1.807, 2.05) is 24.3 Å². The van der Waals surface area contributed by atoms with Crippen LogP contribution in [0.1, 0.15) is 17.3 Å². The molecule has 1 N–H and O–H groups in total. The number of hydrogen-bond donors (Lipinski definition) is 1. The van der Waals surface area contributed by atoms with Crippen LogP contribution in [0.5, 0.6) is 5.75 Å². The van der Waals surface area contributed by atoms with E-state index >= 15 is 0 Å². The minimum Gasteiger partial charge on any atom is -0.480 e. The first-order valence-electron chi connectivity index (χ1n) is 6.54. The zero-order valence-corrected chi connectivity index (χ0v) is 12.2. The Hall–Kier alpha value is -2.56. The Morgan fingerprint density at radius 2 is 1.71 bits per heavy atom. The molecule has 5 nitrogen and oxygen atoms in total. The third-order valence-electron chi connectivity index (χ3n) is 3.17. The van der Waals surface area contributed by atoms with Crippen molar-refractivity contribution >= 4 is 22.6 Å². The molecule has 5 heteroatoms. The maximum Gasteiger partial charge on any atom is 0.339 e. The second-order valence-corrected chi connectivity index (χ2v) is 4.99. The van der Waals surface area contributed by atoms with E-state index in [4.69, 9.17) is 4.74 Å². The summed E-state index contributed by atoms with van der Waals surface area (Å²) >= 11 is 0. The van der Waals surface area contributed by atoms with Gasteiger partial charge in [0.25, 0.3) is 5.91 Å². The van der Waals surface area contributed by atoms with Crippen molar-refractivity contribution in [3.63, 3.8) is 0 Å². The largest absolute Gasteiger partial charge is 0.480 e. The number of rotatable bonds is 4. The lowest BCUT2D eigenvalue weighted by molar-refractivity contribution is -0.135. The number of nitrogens with zero attached hydrogens (tertiary/aromatic N) is 1.